The third kappa shape index (κ3) is 42.0. The number of ether oxygens (including phenoxy) is 2. The summed E-state index contributed by atoms with van der Waals surface area (Å²) in [5.74, 6) is -2.51. The number of phosphoric ester groups is 1. The molecule has 0 saturated carbocycles. The fourth-order valence-corrected chi connectivity index (χ4v) is 6.66. The van der Waals surface area contributed by atoms with Crippen LogP contribution in [0.3, 0.4) is 0 Å². The van der Waals surface area contributed by atoms with Crippen molar-refractivity contribution in [1.82, 2.24) is 0 Å². The highest BCUT2D eigenvalue weighted by Crippen LogP contribution is 2.43. The predicted octanol–water partition coefficient (Wildman–Crippen LogP) is 11.5. The molecule has 0 fully saturated rings. The molecule has 5 N–H and O–H groups in total. The monoisotopic (exact) mass is 880 g/mol. The zero-order valence-corrected chi connectivity index (χ0v) is 38.5. The molecule has 0 heterocycles. The van der Waals surface area contributed by atoms with Gasteiger partial charge in [-0.3, -0.25) is 23.4 Å². The summed E-state index contributed by atoms with van der Waals surface area (Å²) >= 11 is 0. The molecule has 2 unspecified atom stereocenters. The first-order valence-corrected chi connectivity index (χ1v) is 24.6. The van der Waals surface area contributed by atoms with Crippen LogP contribution in [-0.2, 0) is 37.5 Å². The summed E-state index contributed by atoms with van der Waals surface area (Å²) in [7, 11) is -4.75. The standard InChI is InChI=1S/C48H82NO11P/c1-3-5-7-9-11-12-13-14-15-16-17-18-19-20-21-22-27-31-35-39-47(52)60-44(41-58-61(55,56)59-42-45(49)48(53)54)40-57-46(51)38-34-30-26-24-23-25-29-33-37-43(50)36-32-28-10-8-6-4-2/h6,8,14-15,24-26,28-29,32-33,37,43-45,50H,3-5,7,9-13,16-23,27,30-31,34-36,38-42,49H2,1-2H3,(H,53,54)(H,55,56)/b8-6-,15-14-,26-24-,29-25-,32-28-,37-33+/t43?,44-,45+/m1/s1. The van der Waals surface area contributed by atoms with Crippen molar-refractivity contribution in [2.24, 2.45) is 5.73 Å². The maximum Gasteiger partial charge on any atom is 0.472 e. The highest BCUT2D eigenvalue weighted by atomic mass is 31.2. The van der Waals surface area contributed by atoms with Crippen LogP contribution in [0.2, 0.25) is 0 Å². The zero-order chi connectivity index (χ0) is 45.1. The number of carboxylic acid groups (broad SMARTS) is 1. The number of nitrogens with two attached hydrogens (primary N) is 1. The van der Waals surface area contributed by atoms with Crippen molar-refractivity contribution in [2.45, 2.75) is 193 Å². The molecule has 13 heteroatoms. The van der Waals surface area contributed by atoms with Gasteiger partial charge in [-0.25, -0.2) is 4.57 Å². The number of hydrogen-bond donors (Lipinski definition) is 4. The summed E-state index contributed by atoms with van der Waals surface area (Å²) in [5, 5.41) is 18.9. The van der Waals surface area contributed by atoms with Gasteiger partial charge in [0, 0.05) is 12.8 Å². The second-order valence-electron chi connectivity index (χ2n) is 15.4. The third-order valence-electron chi connectivity index (χ3n) is 9.52. The Morgan fingerprint density at radius 1 is 0.607 bits per heavy atom. The topological polar surface area (TPSA) is 192 Å². The lowest BCUT2D eigenvalue weighted by Gasteiger charge is -2.20. The van der Waals surface area contributed by atoms with Crippen LogP contribution >= 0.6 is 7.82 Å². The van der Waals surface area contributed by atoms with E-state index in [4.69, 9.17) is 24.8 Å². The van der Waals surface area contributed by atoms with Crippen LogP contribution in [0.25, 0.3) is 0 Å². The molecule has 0 bridgehead atoms. The SMILES string of the molecule is CC/C=C\C/C=C\CC(O)/C=C/C=C\C/C=C\CCCC(=O)OC[C@H](COP(=O)(O)OC[C@H](N)C(=O)O)OC(=O)CCCCCCCCCCC/C=C\CCCCCCCC. The molecule has 0 aromatic carbocycles. The Morgan fingerprint density at radius 3 is 1.77 bits per heavy atom. The molecule has 0 aromatic heterocycles. The minimum absolute atomic E-state index is 0.108. The maximum absolute atomic E-state index is 12.7. The van der Waals surface area contributed by atoms with Crippen molar-refractivity contribution in [3.63, 3.8) is 0 Å². The Balaban J connectivity index is 4.47. The summed E-state index contributed by atoms with van der Waals surface area (Å²) in [5.41, 5.74) is 5.33. The summed E-state index contributed by atoms with van der Waals surface area (Å²) in [6, 6.07) is -1.54. The van der Waals surface area contributed by atoms with Gasteiger partial charge in [0.1, 0.15) is 12.6 Å². The number of aliphatic carboxylic acids is 1. The van der Waals surface area contributed by atoms with Crippen molar-refractivity contribution in [3.05, 3.63) is 72.9 Å². The quantitative estimate of drug-likeness (QED) is 0.0149. The summed E-state index contributed by atoms with van der Waals surface area (Å²) < 4.78 is 32.7. The molecule has 350 valence electrons. The Bertz CT molecular complexity index is 1330. The first kappa shape index (κ1) is 57.9. The average molecular weight is 880 g/mol. The number of allylic oxidation sites excluding steroid dienone is 10. The number of rotatable bonds is 42. The van der Waals surface area contributed by atoms with Gasteiger partial charge in [-0.2, -0.15) is 0 Å². The number of unbranched alkanes of at least 4 members (excludes halogenated alkanes) is 16. The zero-order valence-electron chi connectivity index (χ0n) is 37.6. The molecule has 4 atom stereocenters. The van der Waals surface area contributed by atoms with Crippen LogP contribution < -0.4 is 5.73 Å². The molecule has 0 aliphatic heterocycles. The average Bonchev–Trinajstić information content (AvgIpc) is 3.23. The molecule has 0 aliphatic rings. The lowest BCUT2D eigenvalue weighted by Crippen LogP contribution is -2.34. The Morgan fingerprint density at radius 2 is 1.13 bits per heavy atom. The van der Waals surface area contributed by atoms with E-state index in [1.807, 2.05) is 42.5 Å². The minimum Gasteiger partial charge on any atom is -0.480 e. The number of aliphatic hydroxyl groups is 1. The molecule has 0 amide bonds. The predicted molar refractivity (Wildman–Crippen MR) is 246 cm³/mol. The second-order valence-corrected chi connectivity index (χ2v) is 16.8. The highest BCUT2D eigenvalue weighted by molar-refractivity contribution is 7.47. The van der Waals surface area contributed by atoms with Crippen molar-refractivity contribution in [1.29, 1.82) is 0 Å². The van der Waals surface area contributed by atoms with E-state index in [0.717, 1.165) is 38.5 Å². The van der Waals surface area contributed by atoms with E-state index < -0.39 is 63.8 Å². The largest absolute Gasteiger partial charge is 0.480 e. The van der Waals surface area contributed by atoms with Crippen LogP contribution in [0.1, 0.15) is 174 Å². The highest BCUT2D eigenvalue weighted by Gasteiger charge is 2.28. The Kier molecular flexibility index (Phi) is 40.0. The summed E-state index contributed by atoms with van der Waals surface area (Å²) in [6.07, 6.45) is 47.1. The number of hydrogen-bond acceptors (Lipinski definition) is 10. The number of esters is 2. The minimum atomic E-state index is -4.75. The smallest absolute Gasteiger partial charge is 0.472 e. The van der Waals surface area contributed by atoms with Crippen LogP contribution in [0.4, 0.5) is 0 Å². The first-order chi connectivity index (χ1) is 29.5. The Hall–Kier alpha value is -3.12. The fourth-order valence-electron chi connectivity index (χ4n) is 5.88. The van der Waals surface area contributed by atoms with E-state index in [-0.39, 0.29) is 12.8 Å². The normalized spacial score (nSPS) is 14.8. The summed E-state index contributed by atoms with van der Waals surface area (Å²) in [4.78, 5) is 46.0. The van der Waals surface area contributed by atoms with E-state index in [1.165, 1.54) is 77.0 Å². The van der Waals surface area contributed by atoms with Crippen LogP contribution in [-0.4, -0.2) is 71.1 Å². The van der Waals surface area contributed by atoms with Gasteiger partial charge in [0.2, 0.25) is 0 Å². The number of aliphatic hydroxyl groups excluding tert-OH is 1. The van der Waals surface area contributed by atoms with Crippen molar-refractivity contribution >= 4 is 25.7 Å². The molecule has 0 saturated heterocycles. The van der Waals surface area contributed by atoms with Gasteiger partial charge >= 0.3 is 25.7 Å². The number of carboxylic acids is 1. The number of carbonyl (C=O) groups is 3. The van der Waals surface area contributed by atoms with E-state index in [1.54, 1.807) is 6.08 Å². The van der Waals surface area contributed by atoms with Crippen molar-refractivity contribution in [2.75, 3.05) is 19.8 Å². The van der Waals surface area contributed by atoms with Gasteiger partial charge < -0.3 is 30.3 Å². The van der Waals surface area contributed by atoms with Gasteiger partial charge in [0.05, 0.1) is 19.3 Å². The summed E-state index contributed by atoms with van der Waals surface area (Å²) in [6.45, 7) is 2.54. The lowest BCUT2D eigenvalue weighted by atomic mass is 10.1. The number of phosphoric acid groups is 1. The fraction of sp³-hybridized carbons (Fsp3) is 0.688. The van der Waals surface area contributed by atoms with Gasteiger partial charge in [-0.15, -0.1) is 0 Å². The maximum atomic E-state index is 12.7. The molecule has 12 nitrogen and oxygen atoms in total. The van der Waals surface area contributed by atoms with Crippen LogP contribution in [0, 0.1) is 0 Å². The molecule has 0 rings (SSSR count). The van der Waals surface area contributed by atoms with Crippen LogP contribution in [0.5, 0.6) is 0 Å². The van der Waals surface area contributed by atoms with E-state index in [2.05, 4.69) is 42.7 Å². The third-order valence-corrected chi connectivity index (χ3v) is 10.5. The van der Waals surface area contributed by atoms with E-state index in [0.29, 0.717) is 32.1 Å². The number of carbonyl (C=O) groups excluding carboxylic acids is 2. The molecular formula is C48H82NO11P. The second kappa shape index (κ2) is 42.2. The molecule has 0 aliphatic carbocycles. The van der Waals surface area contributed by atoms with Gasteiger partial charge in [-0.1, -0.05) is 164 Å². The molecule has 0 aromatic rings. The van der Waals surface area contributed by atoms with Gasteiger partial charge in [0.25, 0.3) is 0 Å². The van der Waals surface area contributed by atoms with Crippen molar-refractivity contribution in [3.8, 4) is 0 Å². The van der Waals surface area contributed by atoms with E-state index >= 15 is 0 Å². The van der Waals surface area contributed by atoms with E-state index in [9.17, 15) is 28.9 Å². The van der Waals surface area contributed by atoms with Crippen molar-refractivity contribution < 1.29 is 52.6 Å². The van der Waals surface area contributed by atoms with Crippen LogP contribution in [0.15, 0.2) is 72.9 Å². The first-order valence-electron chi connectivity index (χ1n) is 23.1. The van der Waals surface area contributed by atoms with Gasteiger partial charge in [-0.05, 0) is 70.6 Å². The molecule has 61 heavy (non-hydrogen) atoms. The Labute approximate surface area is 368 Å². The molecular weight excluding hydrogens is 797 g/mol. The van der Waals surface area contributed by atoms with Gasteiger partial charge in [0.15, 0.2) is 6.10 Å². The molecule has 0 radical (unpaired) electrons. The lowest BCUT2D eigenvalue weighted by molar-refractivity contribution is -0.161. The molecule has 0 spiro atoms.